The molecule has 0 spiro atoms. The minimum atomic E-state index is 0.536. The Balaban J connectivity index is 1.85. The molecule has 0 fully saturated rings. The predicted octanol–water partition coefficient (Wildman–Crippen LogP) is 6.53. The smallest absolute Gasteiger partial charge is 0.157 e. The summed E-state index contributed by atoms with van der Waals surface area (Å²) in [7, 11) is 0. The van der Waals surface area contributed by atoms with Crippen LogP contribution in [0.1, 0.15) is 27.8 Å². The molecule has 0 atom stereocenters. The highest BCUT2D eigenvalue weighted by atomic mass is 35.5. The molecule has 0 bridgehead atoms. The lowest BCUT2D eigenvalue weighted by atomic mass is 9.97. The SMILES string of the molecule is Cc1c(Cc2ccc(Cl)cc2)c(Nc2ccccc2C#N)n2c(nc3ccccc32)c1C#N. The molecule has 2 heterocycles. The monoisotopic (exact) mass is 447 g/mol. The van der Waals surface area contributed by atoms with Crippen LogP contribution in [0, 0.1) is 29.6 Å². The van der Waals surface area contributed by atoms with Crippen molar-refractivity contribution in [2.45, 2.75) is 13.3 Å². The molecule has 33 heavy (non-hydrogen) atoms. The van der Waals surface area contributed by atoms with Crippen molar-refractivity contribution in [1.29, 1.82) is 10.5 Å². The Morgan fingerprint density at radius 2 is 1.67 bits per heavy atom. The van der Waals surface area contributed by atoms with Crippen LogP contribution in [-0.2, 0) is 6.42 Å². The number of nitriles is 2. The van der Waals surface area contributed by atoms with E-state index in [9.17, 15) is 10.5 Å². The summed E-state index contributed by atoms with van der Waals surface area (Å²) in [5.74, 6) is 0.785. The van der Waals surface area contributed by atoms with Crippen LogP contribution in [0.2, 0.25) is 5.02 Å². The molecule has 3 aromatic carbocycles. The third-order valence-electron chi connectivity index (χ3n) is 5.83. The molecule has 0 saturated carbocycles. The first kappa shape index (κ1) is 20.6. The molecule has 0 radical (unpaired) electrons. The Labute approximate surface area is 196 Å². The lowest BCUT2D eigenvalue weighted by Gasteiger charge is -2.19. The molecule has 0 amide bonds. The summed E-state index contributed by atoms with van der Waals surface area (Å²) >= 11 is 6.10. The quantitative estimate of drug-likeness (QED) is 0.340. The lowest BCUT2D eigenvalue weighted by Crippen LogP contribution is -2.09. The molecule has 0 saturated heterocycles. The summed E-state index contributed by atoms with van der Waals surface area (Å²) in [5.41, 5.74) is 6.92. The van der Waals surface area contributed by atoms with Crippen LogP contribution in [0.25, 0.3) is 16.7 Å². The van der Waals surface area contributed by atoms with Crippen LogP contribution in [-0.4, -0.2) is 9.38 Å². The maximum absolute atomic E-state index is 10.0. The van der Waals surface area contributed by atoms with E-state index < -0.39 is 0 Å². The van der Waals surface area contributed by atoms with Crippen molar-refractivity contribution in [3.8, 4) is 12.1 Å². The molecule has 5 aromatic rings. The summed E-state index contributed by atoms with van der Waals surface area (Å²) in [6, 6.07) is 27.5. The Bertz CT molecular complexity index is 1600. The number of para-hydroxylation sites is 3. The Hall–Kier alpha value is -4.32. The van der Waals surface area contributed by atoms with Crippen molar-refractivity contribution in [1.82, 2.24) is 9.38 Å². The standard InChI is InChI=1S/C27H18ClN5/c1-17-21(14-18-10-12-20(28)13-11-18)26(31-23-7-3-2-6-19(23)15-29)33-25-9-5-4-8-24(25)32-27(33)22(17)16-30/h2-13,31H,14H2,1H3. The van der Waals surface area contributed by atoms with E-state index in [1.165, 1.54) is 0 Å². The average Bonchev–Trinajstić information content (AvgIpc) is 3.22. The highest BCUT2D eigenvalue weighted by Crippen LogP contribution is 2.34. The number of rotatable bonds is 4. The zero-order valence-electron chi connectivity index (χ0n) is 17.8. The average molecular weight is 448 g/mol. The van der Waals surface area contributed by atoms with Gasteiger partial charge in [0, 0.05) is 17.0 Å². The van der Waals surface area contributed by atoms with E-state index in [2.05, 4.69) is 17.5 Å². The number of nitrogens with one attached hydrogen (secondary N) is 1. The maximum atomic E-state index is 10.0. The summed E-state index contributed by atoms with van der Waals surface area (Å²) in [6.07, 6.45) is 0.581. The summed E-state index contributed by atoms with van der Waals surface area (Å²) < 4.78 is 1.99. The van der Waals surface area contributed by atoms with Gasteiger partial charge in [-0.1, -0.05) is 48.0 Å². The summed E-state index contributed by atoms with van der Waals surface area (Å²) in [6.45, 7) is 1.95. The molecule has 0 aliphatic carbocycles. The number of imidazole rings is 1. The number of hydrogen-bond donors (Lipinski definition) is 1. The van der Waals surface area contributed by atoms with Gasteiger partial charge >= 0.3 is 0 Å². The first-order valence-electron chi connectivity index (χ1n) is 10.4. The van der Waals surface area contributed by atoms with Gasteiger partial charge in [0.15, 0.2) is 5.65 Å². The number of pyridine rings is 1. The van der Waals surface area contributed by atoms with E-state index in [0.29, 0.717) is 33.9 Å². The second-order valence-corrected chi connectivity index (χ2v) is 8.22. The minimum absolute atomic E-state index is 0.536. The van der Waals surface area contributed by atoms with Gasteiger partial charge in [0.1, 0.15) is 18.0 Å². The van der Waals surface area contributed by atoms with Crippen LogP contribution in [0.15, 0.2) is 72.8 Å². The second kappa shape index (κ2) is 8.31. The third kappa shape index (κ3) is 3.55. The van der Waals surface area contributed by atoms with Crippen molar-refractivity contribution >= 4 is 39.8 Å². The molecule has 1 N–H and O–H groups in total. The largest absolute Gasteiger partial charge is 0.340 e. The first-order chi connectivity index (χ1) is 16.1. The van der Waals surface area contributed by atoms with E-state index in [1.807, 2.05) is 78.1 Å². The topological polar surface area (TPSA) is 76.9 Å². The van der Waals surface area contributed by atoms with Crippen LogP contribution in [0.4, 0.5) is 11.5 Å². The summed E-state index contributed by atoms with van der Waals surface area (Å²) in [4.78, 5) is 4.77. The van der Waals surface area contributed by atoms with Crippen molar-refractivity contribution in [3.63, 3.8) is 0 Å². The fourth-order valence-electron chi connectivity index (χ4n) is 4.16. The number of nitrogens with zero attached hydrogens (tertiary/aromatic N) is 4. The van der Waals surface area contributed by atoms with Gasteiger partial charge < -0.3 is 5.32 Å². The molecule has 5 nitrogen and oxygen atoms in total. The number of anilines is 2. The Kier molecular flexibility index (Phi) is 5.18. The Morgan fingerprint density at radius 1 is 0.939 bits per heavy atom. The van der Waals surface area contributed by atoms with Crippen LogP contribution >= 0.6 is 11.6 Å². The number of hydrogen-bond acceptors (Lipinski definition) is 4. The molecule has 0 aliphatic heterocycles. The van der Waals surface area contributed by atoms with Crippen molar-refractivity contribution in [2.75, 3.05) is 5.32 Å². The predicted molar refractivity (Wildman–Crippen MR) is 131 cm³/mol. The van der Waals surface area contributed by atoms with Gasteiger partial charge in [-0.3, -0.25) is 4.40 Å². The van der Waals surface area contributed by atoms with Crippen LogP contribution < -0.4 is 5.32 Å². The van der Waals surface area contributed by atoms with Gasteiger partial charge in [0.25, 0.3) is 0 Å². The fraction of sp³-hybridized carbons (Fsp3) is 0.0741. The molecular weight excluding hydrogens is 430 g/mol. The highest BCUT2D eigenvalue weighted by Gasteiger charge is 2.21. The van der Waals surface area contributed by atoms with Crippen molar-refractivity contribution in [3.05, 3.63) is 106 Å². The van der Waals surface area contributed by atoms with Crippen molar-refractivity contribution < 1.29 is 0 Å². The van der Waals surface area contributed by atoms with E-state index in [0.717, 1.165) is 33.5 Å². The number of aromatic nitrogens is 2. The van der Waals surface area contributed by atoms with E-state index in [1.54, 1.807) is 6.07 Å². The number of halogens is 1. The van der Waals surface area contributed by atoms with Gasteiger partial charge in [0.2, 0.25) is 0 Å². The fourth-order valence-corrected chi connectivity index (χ4v) is 4.28. The van der Waals surface area contributed by atoms with Crippen LogP contribution in [0.5, 0.6) is 0 Å². The molecular formula is C27H18ClN5. The van der Waals surface area contributed by atoms with E-state index in [4.69, 9.17) is 16.6 Å². The lowest BCUT2D eigenvalue weighted by molar-refractivity contribution is 1.08. The number of fused-ring (bicyclic) bond motifs is 3. The van der Waals surface area contributed by atoms with Crippen molar-refractivity contribution in [2.24, 2.45) is 0 Å². The van der Waals surface area contributed by atoms with Crippen LogP contribution in [0.3, 0.4) is 0 Å². The second-order valence-electron chi connectivity index (χ2n) is 7.78. The zero-order valence-corrected chi connectivity index (χ0v) is 18.6. The maximum Gasteiger partial charge on any atom is 0.157 e. The summed E-state index contributed by atoms with van der Waals surface area (Å²) in [5, 5.41) is 23.9. The van der Waals surface area contributed by atoms with Gasteiger partial charge in [-0.15, -0.1) is 0 Å². The zero-order chi connectivity index (χ0) is 22.9. The first-order valence-corrected chi connectivity index (χ1v) is 10.8. The number of benzene rings is 3. The van der Waals surface area contributed by atoms with E-state index in [-0.39, 0.29) is 0 Å². The molecule has 2 aromatic heterocycles. The molecule has 6 heteroatoms. The Morgan fingerprint density at radius 3 is 2.42 bits per heavy atom. The van der Waals surface area contributed by atoms with Gasteiger partial charge in [0.05, 0.1) is 27.8 Å². The third-order valence-corrected chi connectivity index (χ3v) is 6.08. The molecule has 0 aliphatic rings. The molecule has 5 rings (SSSR count). The van der Waals surface area contributed by atoms with Gasteiger partial charge in [-0.05, 0) is 54.4 Å². The molecule has 0 unspecified atom stereocenters. The molecule has 158 valence electrons. The van der Waals surface area contributed by atoms with Gasteiger partial charge in [-0.25, -0.2) is 4.98 Å². The highest BCUT2D eigenvalue weighted by molar-refractivity contribution is 6.30. The minimum Gasteiger partial charge on any atom is -0.340 e. The van der Waals surface area contributed by atoms with Gasteiger partial charge in [-0.2, -0.15) is 10.5 Å². The van der Waals surface area contributed by atoms with E-state index >= 15 is 0 Å². The normalized spacial score (nSPS) is 10.8.